The number of anilines is 2. The summed E-state index contributed by atoms with van der Waals surface area (Å²) in [6.45, 7) is 6.32. The number of carbonyl (C=O) groups is 1. The number of carbonyl (C=O) groups excluding carboxylic acids is 1. The average molecular weight is 269 g/mol. The summed E-state index contributed by atoms with van der Waals surface area (Å²) in [7, 11) is 0. The van der Waals surface area contributed by atoms with E-state index in [9.17, 15) is 4.79 Å². The van der Waals surface area contributed by atoms with Crippen LogP contribution in [0.15, 0.2) is 36.7 Å². The van der Waals surface area contributed by atoms with Gasteiger partial charge in [-0.25, -0.2) is 0 Å². The second-order valence-corrected chi connectivity index (χ2v) is 4.87. The highest BCUT2D eigenvalue weighted by Gasteiger charge is 2.03. The second-order valence-electron chi connectivity index (χ2n) is 4.87. The van der Waals surface area contributed by atoms with Crippen molar-refractivity contribution >= 4 is 17.3 Å². The Bertz CT molecular complexity index is 623. The smallest absolute Gasteiger partial charge is 0.221 e. The molecule has 1 heterocycles. The molecule has 2 rings (SSSR count). The van der Waals surface area contributed by atoms with E-state index in [4.69, 9.17) is 0 Å². The van der Waals surface area contributed by atoms with Crippen molar-refractivity contribution in [1.29, 1.82) is 0 Å². The van der Waals surface area contributed by atoms with E-state index < -0.39 is 0 Å². The molecular weight excluding hydrogens is 250 g/mol. The zero-order valence-corrected chi connectivity index (χ0v) is 12.0. The Morgan fingerprint density at radius 1 is 1.20 bits per heavy atom. The van der Waals surface area contributed by atoms with Crippen molar-refractivity contribution in [2.75, 3.05) is 10.6 Å². The highest BCUT2D eigenvalue weighted by molar-refractivity contribution is 5.89. The Balaban J connectivity index is 2.12. The Labute approximate surface area is 119 Å². The number of aryl methyl sites for hydroxylation is 2. The lowest BCUT2D eigenvalue weighted by atomic mass is 10.1. The minimum absolute atomic E-state index is 0.0668. The molecular formula is C16H19N3O. The molecule has 104 valence electrons. The molecule has 20 heavy (non-hydrogen) atoms. The first kappa shape index (κ1) is 14.1. The number of nitrogens with zero attached hydrogens (tertiary/aromatic N) is 1. The van der Waals surface area contributed by atoms with Crippen molar-refractivity contribution in [1.82, 2.24) is 4.98 Å². The lowest BCUT2D eigenvalue weighted by Gasteiger charge is -2.13. The summed E-state index contributed by atoms with van der Waals surface area (Å²) in [5.74, 6) is -0.0668. The second kappa shape index (κ2) is 6.19. The zero-order valence-electron chi connectivity index (χ0n) is 12.0. The van der Waals surface area contributed by atoms with Gasteiger partial charge in [-0.2, -0.15) is 0 Å². The Hall–Kier alpha value is -2.36. The van der Waals surface area contributed by atoms with Crippen LogP contribution in [0.1, 0.15) is 23.6 Å². The molecule has 1 amide bonds. The molecule has 1 aromatic heterocycles. The maximum Gasteiger partial charge on any atom is 0.221 e. The molecule has 2 aromatic rings. The number of nitrogens with one attached hydrogen (secondary N) is 2. The summed E-state index contributed by atoms with van der Waals surface area (Å²) in [6.07, 6.45) is 3.66. The van der Waals surface area contributed by atoms with Gasteiger partial charge in [0, 0.05) is 37.2 Å². The van der Waals surface area contributed by atoms with Crippen molar-refractivity contribution in [2.45, 2.75) is 27.3 Å². The molecule has 4 heteroatoms. The predicted molar refractivity (Wildman–Crippen MR) is 81.8 cm³/mol. The minimum atomic E-state index is -0.0668. The normalized spacial score (nSPS) is 10.2. The highest BCUT2D eigenvalue weighted by Crippen LogP contribution is 2.21. The van der Waals surface area contributed by atoms with Gasteiger partial charge in [0.25, 0.3) is 0 Å². The Morgan fingerprint density at radius 2 is 2.00 bits per heavy atom. The van der Waals surface area contributed by atoms with E-state index in [1.54, 1.807) is 6.20 Å². The summed E-state index contributed by atoms with van der Waals surface area (Å²) in [5, 5.41) is 6.18. The standard InChI is InChI=1S/C16H19N3O/c1-11-6-7-17-9-14(11)10-18-16-8-15(19-13(3)20)5-4-12(16)2/h4-9,18H,10H2,1-3H3,(H,19,20). The van der Waals surface area contributed by atoms with Gasteiger partial charge in [-0.15, -0.1) is 0 Å². The molecule has 0 spiro atoms. The van der Waals surface area contributed by atoms with E-state index in [1.165, 1.54) is 12.5 Å². The predicted octanol–water partition coefficient (Wildman–Crippen LogP) is 3.27. The molecule has 0 saturated carbocycles. The summed E-state index contributed by atoms with van der Waals surface area (Å²) >= 11 is 0. The Kier molecular flexibility index (Phi) is 4.35. The molecule has 1 aromatic carbocycles. The quantitative estimate of drug-likeness (QED) is 0.895. The van der Waals surface area contributed by atoms with Gasteiger partial charge in [0.05, 0.1) is 0 Å². The van der Waals surface area contributed by atoms with Crippen LogP contribution in [0.3, 0.4) is 0 Å². The maximum atomic E-state index is 11.1. The van der Waals surface area contributed by atoms with E-state index in [0.29, 0.717) is 6.54 Å². The molecule has 0 atom stereocenters. The van der Waals surface area contributed by atoms with E-state index in [0.717, 1.165) is 22.5 Å². The van der Waals surface area contributed by atoms with E-state index >= 15 is 0 Å². The molecule has 0 saturated heterocycles. The fourth-order valence-corrected chi connectivity index (χ4v) is 1.97. The van der Waals surface area contributed by atoms with Crippen molar-refractivity contribution in [3.05, 3.63) is 53.3 Å². The van der Waals surface area contributed by atoms with Gasteiger partial charge < -0.3 is 10.6 Å². The lowest BCUT2D eigenvalue weighted by Crippen LogP contribution is -2.07. The van der Waals surface area contributed by atoms with Gasteiger partial charge in [0.1, 0.15) is 0 Å². The van der Waals surface area contributed by atoms with E-state index in [-0.39, 0.29) is 5.91 Å². The van der Waals surface area contributed by atoms with Gasteiger partial charge >= 0.3 is 0 Å². The Morgan fingerprint density at radius 3 is 2.70 bits per heavy atom. The van der Waals surface area contributed by atoms with E-state index in [1.807, 2.05) is 37.4 Å². The average Bonchev–Trinajstić information content (AvgIpc) is 2.40. The van der Waals surface area contributed by atoms with Crippen LogP contribution in [-0.2, 0) is 11.3 Å². The first-order valence-corrected chi connectivity index (χ1v) is 6.58. The van der Waals surface area contributed by atoms with Gasteiger partial charge in [-0.1, -0.05) is 6.07 Å². The van der Waals surface area contributed by atoms with Crippen LogP contribution in [0.4, 0.5) is 11.4 Å². The first-order valence-electron chi connectivity index (χ1n) is 6.58. The van der Waals surface area contributed by atoms with Crippen molar-refractivity contribution in [3.8, 4) is 0 Å². The monoisotopic (exact) mass is 269 g/mol. The third-order valence-electron chi connectivity index (χ3n) is 3.17. The number of amides is 1. The topological polar surface area (TPSA) is 54.0 Å². The number of rotatable bonds is 4. The lowest BCUT2D eigenvalue weighted by molar-refractivity contribution is -0.114. The van der Waals surface area contributed by atoms with Crippen molar-refractivity contribution < 1.29 is 4.79 Å². The van der Waals surface area contributed by atoms with Crippen LogP contribution >= 0.6 is 0 Å². The van der Waals surface area contributed by atoms with Crippen LogP contribution in [0.5, 0.6) is 0 Å². The summed E-state index contributed by atoms with van der Waals surface area (Å²) in [5.41, 5.74) is 5.33. The summed E-state index contributed by atoms with van der Waals surface area (Å²) in [4.78, 5) is 15.2. The molecule has 0 aliphatic carbocycles. The van der Waals surface area contributed by atoms with Gasteiger partial charge in [0.15, 0.2) is 0 Å². The molecule has 0 fully saturated rings. The number of hydrogen-bond donors (Lipinski definition) is 2. The van der Waals surface area contributed by atoms with Crippen LogP contribution in [0, 0.1) is 13.8 Å². The first-order chi connectivity index (χ1) is 9.56. The highest BCUT2D eigenvalue weighted by atomic mass is 16.1. The third kappa shape index (κ3) is 3.57. The van der Waals surface area contributed by atoms with Gasteiger partial charge in [0.2, 0.25) is 5.91 Å². The fraction of sp³-hybridized carbons (Fsp3) is 0.250. The number of aromatic nitrogens is 1. The largest absolute Gasteiger partial charge is 0.381 e. The molecule has 4 nitrogen and oxygen atoms in total. The molecule has 0 radical (unpaired) electrons. The number of pyridine rings is 1. The zero-order chi connectivity index (χ0) is 14.5. The molecule has 0 aliphatic heterocycles. The summed E-state index contributed by atoms with van der Waals surface area (Å²) < 4.78 is 0. The summed E-state index contributed by atoms with van der Waals surface area (Å²) in [6, 6.07) is 7.83. The molecule has 0 unspecified atom stereocenters. The SMILES string of the molecule is CC(=O)Nc1ccc(C)c(NCc2cnccc2C)c1. The number of hydrogen-bond acceptors (Lipinski definition) is 3. The van der Waals surface area contributed by atoms with Crippen LogP contribution in [-0.4, -0.2) is 10.9 Å². The van der Waals surface area contributed by atoms with Crippen molar-refractivity contribution in [3.63, 3.8) is 0 Å². The van der Waals surface area contributed by atoms with E-state index in [2.05, 4.69) is 22.5 Å². The minimum Gasteiger partial charge on any atom is -0.381 e. The van der Waals surface area contributed by atoms with Crippen LogP contribution in [0.25, 0.3) is 0 Å². The van der Waals surface area contributed by atoms with Gasteiger partial charge in [-0.3, -0.25) is 9.78 Å². The van der Waals surface area contributed by atoms with Crippen LogP contribution in [0.2, 0.25) is 0 Å². The van der Waals surface area contributed by atoms with Gasteiger partial charge in [-0.05, 0) is 48.7 Å². The van der Waals surface area contributed by atoms with Crippen LogP contribution < -0.4 is 10.6 Å². The fourth-order valence-electron chi connectivity index (χ4n) is 1.97. The molecule has 0 bridgehead atoms. The maximum absolute atomic E-state index is 11.1. The molecule has 0 aliphatic rings. The third-order valence-corrected chi connectivity index (χ3v) is 3.17. The van der Waals surface area contributed by atoms with Crippen molar-refractivity contribution in [2.24, 2.45) is 0 Å². The number of benzene rings is 1. The molecule has 2 N–H and O–H groups in total.